The van der Waals surface area contributed by atoms with Gasteiger partial charge in [-0.15, -0.1) is 0 Å². The molecule has 0 saturated carbocycles. The van der Waals surface area contributed by atoms with E-state index in [-0.39, 0.29) is 12.3 Å². The third-order valence-corrected chi connectivity index (χ3v) is 15.7. The van der Waals surface area contributed by atoms with Gasteiger partial charge in [0.05, 0.1) is 50.7 Å². The van der Waals surface area contributed by atoms with E-state index in [0.717, 1.165) is 51.9 Å². The molecule has 81 heavy (non-hydrogen) atoms. The van der Waals surface area contributed by atoms with Gasteiger partial charge in [0.25, 0.3) is 5.79 Å². The molecule has 14 N–H and O–H groups in total. The van der Waals surface area contributed by atoms with Crippen LogP contribution in [0.3, 0.4) is 0 Å². The van der Waals surface area contributed by atoms with Gasteiger partial charge in [0.2, 0.25) is 11.8 Å². The van der Waals surface area contributed by atoms with Crippen LogP contribution in [-0.2, 0) is 42.8 Å². The van der Waals surface area contributed by atoms with Crippen LogP contribution < -0.4 is 10.6 Å². The van der Waals surface area contributed by atoms with Gasteiger partial charge in [0, 0.05) is 19.8 Å². The fourth-order valence-corrected chi connectivity index (χ4v) is 10.8. The lowest BCUT2D eigenvalue weighted by atomic mass is 9.88. The molecule has 18 unspecified atom stereocenters. The van der Waals surface area contributed by atoms with Crippen molar-refractivity contribution in [3.8, 4) is 0 Å². The van der Waals surface area contributed by atoms with Crippen LogP contribution in [0.15, 0.2) is 12.2 Å². The van der Waals surface area contributed by atoms with Gasteiger partial charge in [0.1, 0.15) is 67.1 Å². The van der Waals surface area contributed by atoms with Gasteiger partial charge in [0.15, 0.2) is 12.6 Å². The lowest BCUT2D eigenvalue weighted by molar-refractivity contribution is -0.386. The zero-order chi connectivity index (χ0) is 59.7. The molecule has 3 rings (SSSR count). The summed E-state index contributed by atoms with van der Waals surface area (Å²) in [5, 5.41) is 135. The number of allylic oxidation sites excluding steroid dienone is 1. The molecule has 3 heterocycles. The second-order valence-electron chi connectivity index (χ2n) is 22.6. The summed E-state index contributed by atoms with van der Waals surface area (Å²) in [6.07, 6.45) is 4.33. The molecular weight excluding hydrogens is 1060 g/mol. The van der Waals surface area contributed by atoms with Gasteiger partial charge in [-0.3, -0.25) is 9.59 Å². The van der Waals surface area contributed by atoms with Crippen LogP contribution in [0.1, 0.15) is 201 Å². The summed E-state index contributed by atoms with van der Waals surface area (Å²) < 4.78 is 34.6. The van der Waals surface area contributed by atoms with Crippen LogP contribution in [0.5, 0.6) is 0 Å². The van der Waals surface area contributed by atoms with Crippen LogP contribution >= 0.6 is 0 Å². The Bertz CT molecular complexity index is 1720. The minimum atomic E-state index is -3.08. The van der Waals surface area contributed by atoms with Crippen molar-refractivity contribution in [2.45, 2.75) is 310 Å². The Labute approximate surface area is 480 Å². The molecule has 0 aromatic carbocycles. The molecule has 0 spiro atoms. The van der Waals surface area contributed by atoms with E-state index in [4.69, 9.17) is 28.4 Å². The lowest BCUT2D eigenvalue weighted by Gasteiger charge is -2.50. The smallest absolute Gasteiger partial charge is 0.364 e. The van der Waals surface area contributed by atoms with Crippen LogP contribution in [0.25, 0.3) is 0 Å². The largest absolute Gasteiger partial charge is 0.477 e. The predicted molar refractivity (Wildman–Crippen MR) is 297 cm³/mol. The maximum atomic E-state index is 13.3. The SMILES string of the molecule is CCCCCCCCCCCCCCCCC/C=C/C(O)C(COC1OC(CO)C(OC2OC(CO)C(O)C(OC3(C(=O)O)CC(O)C(NC(C)=O)C(C(O)C(O)CO)O3)C2O)C(O)C1O)NC(=O)CCCCCCCCCCCC. The van der Waals surface area contributed by atoms with Crippen LogP contribution in [0, 0.1) is 0 Å². The maximum Gasteiger partial charge on any atom is 0.364 e. The molecule has 0 bridgehead atoms. The third kappa shape index (κ3) is 25.1. The highest BCUT2D eigenvalue weighted by atomic mass is 16.8. The molecule has 23 heteroatoms. The third-order valence-electron chi connectivity index (χ3n) is 15.7. The molecule has 0 aromatic rings. The Morgan fingerprint density at radius 2 is 1.15 bits per heavy atom. The molecule has 2 amide bonds. The van der Waals surface area contributed by atoms with Gasteiger partial charge in [-0.1, -0.05) is 174 Å². The Hall–Kier alpha value is -2.53. The predicted octanol–water partition coefficient (Wildman–Crippen LogP) is 2.78. The second kappa shape index (κ2) is 40.7. The maximum absolute atomic E-state index is 13.3. The highest BCUT2D eigenvalue weighted by Crippen LogP contribution is 2.38. The molecule has 3 aliphatic rings. The monoisotopic (exact) mass is 1170 g/mol. The van der Waals surface area contributed by atoms with Crippen LogP contribution in [-0.4, -0.2) is 215 Å². The Kier molecular flexibility index (Phi) is 36.6. The lowest BCUT2D eigenvalue weighted by Crippen LogP contribution is -2.70. The zero-order valence-corrected chi connectivity index (χ0v) is 48.6. The molecule has 18 atom stereocenters. The number of carboxylic acid groups (broad SMARTS) is 1. The van der Waals surface area contributed by atoms with Crippen molar-refractivity contribution >= 4 is 17.8 Å². The van der Waals surface area contributed by atoms with E-state index in [0.29, 0.717) is 12.8 Å². The van der Waals surface area contributed by atoms with E-state index in [2.05, 4.69) is 24.5 Å². The molecule has 3 aliphatic heterocycles. The standard InChI is InChI=1S/C58H106N2O21/c1-4-6-8-10-12-14-16-17-18-19-20-21-22-23-25-27-29-31-40(65)39(60-45(68)32-30-28-26-24-15-13-11-9-7-5-2)37-76-55-50(72)49(71)52(44(36-63)78-55)79-56-51(73)54(48(70)43(35-62)77-56)81-58(57(74)75)33-41(66)46(59-38(3)64)53(80-58)47(69)42(67)34-61/h29,31,39-44,46-56,61-63,65-67,69-73H,4-28,30,32-37H2,1-3H3,(H,59,64)(H,60,68)(H,74,75)/b31-29+. The van der Waals surface area contributed by atoms with Crippen molar-refractivity contribution in [2.75, 3.05) is 26.4 Å². The van der Waals surface area contributed by atoms with Crippen molar-refractivity contribution in [1.82, 2.24) is 10.6 Å². The fraction of sp³-hybridized carbons (Fsp3) is 0.914. The normalized spacial score (nSPS) is 30.5. The van der Waals surface area contributed by atoms with E-state index in [1.54, 1.807) is 6.08 Å². The average molecular weight is 1170 g/mol. The molecule has 0 radical (unpaired) electrons. The van der Waals surface area contributed by atoms with Gasteiger partial charge < -0.3 is 100 Å². The Balaban J connectivity index is 1.67. The summed E-state index contributed by atoms with van der Waals surface area (Å²) in [6, 6.07) is -2.61. The number of aliphatic hydroxyl groups excluding tert-OH is 11. The number of aliphatic hydroxyl groups is 11. The zero-order valence-electron chi connectivity index (χ0n) is 48.6. The summed E-state index contributed by atoms with van der Waals surface area (Å²) in [4.78, 5) is 38.3. The molecule has 474 valence electrons. The molecule has 3 fully saturated rings. The molecule has 23 nitrogen and oxygen atoms in total. The minimum Gasteiger partial charge on any atom is -0.477 e. The highest BCUT2D eigenvalue weighted by molar-refractivity contribution is 5.77. The van der Waals surface area contributed by atoms with Gasteiger partial charge in [-0.25, -0.2) is 4.79 Å². The molecular formula is C58H106N2O21. The average Bonchev–Trinajstić information content (AvgIpc) is 3.63. The second-order valence-corrected chi connectivity index (χ2v) is 22.6. The number of ether oxygens (including phenoxy) is 6. The van der Waals surface area contributed by atoms with E-state index >= 15 is 0 Å². The number of nitrogens with one attached hydrogen (secondary N) is 2. The van der Waals surface area contributed by atoms with Crippen molar-refractivity contribution in [2.24, 2.45) is 0 Å². The molecule has 3 saturated heterocycles. The number of aliphatic carboxylic acids is 1. The Morgan fingerprint density at radius 1 is 0.642 bits per heavy atom. The van der Waals surface area contributed by atoms with E-state index in [1.807, 2.05) is 6.08 Å². The fourth-order valence-electron chi connectivity index (χ4n) is 10.8. The number of carboxylic acids is 1. The summed E-state index contributed by atoms with van der Waals surface area (Å²) in [6.45, 7) is 2.08. The summed E-state index contributed by atoms with van der Waals surface area (Å²) in [7, 11) is 0. The highest BCUT2D eigenvalue weighted by Gasteiger charge is 2.60. The van der Waals surface area contributed by atoms with Crippen molar-refractivity contribution in [3.05, 3.63) is 12.2 Å². The summed E-state index contributed by atoms with van der Waals surface area (Å²) in [5.74, 6) is -6.14. The number of hydrogen-bond acceptors (Lipinski definition) is 20. The summed E-state index contributed by atoms with van der Waals surface area (Å²) >= 11 is 0. The minimum absolute atomic E-state index is 0.203. The van der Waals surface area contributed by atoms with Crippen LogP contribution in [0.4, 0.5) is 0 Å². The van der Waals surface area contributed by atoms with E-state index in [1.165, 1.54) is 109 Å². The van der Waals surface area contributed by atoms with Crippen molar-refractivity contribution < 1.29 is 104 Å². The summed E-state index contributed by atoms with van der Waals surface area (Å²) in [5.41, 5.74) is 0. The number of carbonyl (C=O) groups excluding carboxylic acids is 2. The first-order chi connectivity index (χ1) is 38.9. The first-order valence-corrected chi connectivity index (χ1v) is 30.6. The van der Waals surface area contributed by atoms with Gasteiger partial charge >= 0.3 is 5.97 Å². The number of carbonyl (C=O) groups is 3. The number of rotatable bonds is 44. The Morgan fingerprint density at radius 3 is 1.64 bits per heavy atom. The van der Waals surface area contributed by atoms with Crippen LogP contribution in [0.2, 0.25) is 0 Å². The van der Waals surface area contributed by atoms with E-state index in [9.17, 15) is 75.7 Å². The number of hydrogen-bond donors (Lipinski definition) is 14. The topological polar surface area (TPSA) is 373 Å². The quantitative estimate of drug-likeness (QED) is 0.0308. The molecule has 0 aromatic heterocycles. The molecule has 0 aliphatic carbocycles. The number of unbranched alkanes of at least 4 members (excludes halogenated alkanes) is 24. The van der Waals surface area contributed by atoms with Crippen molar-refractivity contribution in [3.63, 3.8) is 0 Å². The van der Waals surface area contributed by atoms with Crippen molar-refractivity contribution in [1.29, 1.82) is 0 Å². The first-order valence-electron chi connectivity index (χ1n) is 30.6. The van der Waals surface area contributed by atoms with E-state index < -0.39 is 155 Å². The first kappa shape index (κ1) is 72.7. The number of amides is 2. The van der Waals surface area contributed by atoms with Gasteiger partial charge in [-0.05, 0) is 19.3 Å². The van der Waals surface area contributed by atoms with Gasteiger partial charge in [-0.2, -0.15) is 0 Å².